The quantitative estimate of drug-likeness (QED) is 0.899. The second kappa shape index (κ2) is 6.28. The summed E-state index contributed by atoms with van der Waals surface area (Å²) >= 11 is 0. The highest BCUT2D eigenvalue weighted by Crippen LogP contribution is 2.40. The standard InChI is InChI=1S/C18H27NO/c1-15(16-7-3-2-4-8-16)14-19-17-9-12-20-18(13-17)10-5-6-11-18/h2-4,7-8,15,17,19H,5-6,9-14H2,1H3. The zero-order chi connectivity index (χ0) is 13.8. The normalized spacial score (nSPS) is 26.8. The molecule has 0 amide bonds. The zero-order valence-corrected chi connectivity index (χ0v) is 12.6. The van der Waals surface area contributed by atoms with Crippen LogP contribution in [0.2, 0.25) is 0 Å². The van der Waals surface area contributed by atoms with E-state index in [1.807, 2.05) is 0 Å². The molecule has 2 aliphatic rings. The first-order valence-electron chi connectivity index (χ1n) is 8.20. The lowest BCUT2D eigenvalue weighted by Crippen LogP contribution is -2.46. The van der Waals surface area contributed by atoms with Gasteiger partial charge >= 0.3 is 0 Å². The van der Waals surface area contributed by atoms with Crippen LogP contribution in [0.25, 0.3) is 0 Å². The van der Waals surface area contributed by atoms with Gasteiger partial charge in [-0.05, 0) is 37.2 Å². The summed E-state index contributed by atoms with van der Waals surface area (Å²) in [4.78, 5) is 0. The van der Waals surface area contributed by atoms with Crippen molar-refractivity contribution in [2.45, 2.75) is 63.0 Å². The van der Waals surface area contributed by atoms with E-state index in [1.54, 1.807) is 0 Å². The Labute approximate surface area is 122 Å². The van der Waals surface area contributed by atoms with Crippen LogP contribution >= 0.6 is 0 Å². The van der Waals surface area contributed by atoms with Gasteiger partial charge < -0.3 is 10.1 Å². The van der Waals surface area contributed by atoms with Crippen molar-refractivity contribution >= 4 is 0 Å². The first kappa shape index (κ1) is 14.1. The van der Waals surface area contributed by atoms with Gasteiger partial charge in [0.25, 0.3) is 0 Å². The third kappa shape index (κ3) is 3.24. The smallest absolute Gasteiger partial charge is 0.0697 e. The number of hydrogen-bond acceptors (Lipinski definition) is 2. The van der Waals surface area contributed by atoms with Gasteiger partial charge in [-0.25, -0.2) is 0 Å². The average Bonchev–Trinajstić information content (AvgIpc) is 2.93. The van der Waals surface area contributed by atoms with Gasteiger partial charge in [0.2, 0.25) is 0 Å². The molecule has 1 N–H and O–H groups in total. The van der Waals surface area contributed by atoms with Crippen molar-refractivity contribution in [1.29, 1.82) is 0 Å². The van der Waals surface area contributed by atoms with Crippen molar-refractivity contribution in [1.82, 2.24) is 5.32 Å². The molecule has 0 radical (unpaired) electrons. The molecule has 1 saturated carbocycles. The molecule has 20 heavy (non-hydrogen) atoms. The van der Waals surface area contributed by atoms with E-state index >= 15 is 0 Å². The predicted molar refractivity (Wildman–Crippen MR) is 83.0 cm³/mol. The Hall–Kier alpha value is -0.860. The summed E-state index contributed by atoms with van der Waals surface area (Å²) in [7, 11) is 0. The molecule has 1 aromatic rings. The molecule has 2 atom stereocenters. The number of nitrogens with one attached hydrogen (secondary N) is 1. The van der Waals surface area contributed by atoms with Gasteiger partial charge in [-0.3, -0.25) is 0 Å². The van der Waals surface area contributed by atoms with Crippen LogP contribution in [-0.4, -0.2) is 24.8 Å². The molecular weight excluding hydrogens is 246 g/mol. The summed E-state index contributed by atoms with van der Waals surface area (Å²) in [6.45, 7) is 4.33. The monoisotopic (exact) mass is 273 g/mol. The summed E-state index contributed by atoms with van der Waals surface area (Å²) in [6.07, 6.45) is 7.65. The lowest BCUT2D eigenvalue weighted by Gasteiger charge is -2.39. The minimum atomic E-state index is 0.228. The maximum absolute atomic E-state index is 6.11. The molecule has 3 rings (SSSR count). The van der Waals surface area contributed by atoms with Crippen molar-refractivity contribution in [3.05, 3.63) is 35.9 Å². The van der Waals surface area contributed by atoms with Gasteiger partial charge in [0.05, 0.1) is 5.60 Å². The fraction of sp³-hybridized carbons (Fsp3) is 0.667. The fourth-order valence-corrected chi connectivity index (χ4v) is 3.81. The molecule has 2 unspecified atom stereocenters. The Balaban J connectivity index is 1.51. The summed E-state index contributed by atoms with van der Waals surface area (Å²) in [5.41, 5.74) is 1.66. The summed E-state index contributed by atoms with van der Waals surface area (Å²) in [6, 6.07) is 11.5. The average molecular weight is 273 g/mol. The Bertz CT molecular complexity index is 411. The molecule has 0 bridgehead atoms. The number of hydrogen-bond donors (Lipinski definition) is 1. The van der Waals surface area contributed by atoms with Gasteiger partial charge in [0.15, 0.2) is 0 Å². The molecular formula is C18H27NO. The van der Waals surface area contributed by atoms with E-state index in [2.05, 4.69) is 42.6 Å². The van der Waals surface area contributed by atoms with Crippen LogP contribution in [0.3, 0.4) is 0 Å². The third-order valence-electron chi connectivity index (χ3n) is 5.09. The van der Waals surface area contributed by atoms with Crippen molar-refractivity contribution in [2.75, 3.05) is 13.2 Å². The van der Waals surface area contributed by atoms with E-state index in [4.69, 9.17) is 4.74 Å². The fourth-order valence-electron chi connectivity index (χ4n) is 3.81. The summed E-state index contributed by atoms with van der Waals surface area (Å²) in [5.74, 6) is 0.582. The van der Waals surface area contributed by atoms with Gasteiger partial charge in [-0.2, -0.15) is 0 Å². The minimum Gasteiger partial charge on any atom is -0.375 e. The molecule has 1 aliphatic heterocycles. The van der Waals surface area contributed by atoms with E-state index in [-0.39, 0.29) is 5.60 Å². The second-order valence-electron chi connectivity index (χ2n) is 6.65. The largest absolute Gasteiger partial charge is 0.375 e. The third-order valence-corrected chi connectivity index (χ3v) is 5.09. The van der Waals surface area contributed by atoms with Crippen molar-refractivity contribution in [3.63, 3.8) is 0 Å². The molecule has 1 aliphatic carbocycles. The maximum atomic E-state index is 6.11. The summed E-state index contributed by atoms with van der Waals surface area (Å²) in [5, 5.41) is 3.79. The zero-order valence-electron chi connectivity index (χ0n) is 12.6. The van der Waals surface area contributed by atoms with Crippen molar-refractivity contribution < 1.29 is 4.74 Å². The van der Waals surface area contributed by atoms with Gasteiger partial charge in [0.1, 0.15) is 0 Å². The molecule has 1 heterocycles. The van der Waals surface area contributed by atoms with Crippen molar-refractivity contribution in [2.24, 2.45) is 0 Å². The van der Waals surface area contributed by atoms with Gasteiger partial charge in [-0.1, -0.05) is 50.1 Å². The molecule has 110 valence electrons. The van der Waals surface area contributed by atoms with Crippen LogP contribution in [0.15, 0.2) is 30.3 Å². The Morgan fingerprint density at radius 3 is 2.75 bits per heavy atom. The van der Waals surface area contributed by atoms with Crippen molar-refractivity contribution in [3.8, 4) is 0 Å². The Morgan fingerprint density at radius 1 is 1.25 bits per heavy atom. The first-order valence-corrected chi connectivity index (χ1v) is 8.20. The number of rotatable bonds is 4. The van der Waals surface area contributed by atoms with Crippen LogP contribution in [0.4, 0.5) is 0 Å². The summed E-state index contributed by atoms with van der Waals surface area (Å²) < 4.78 is 6.11. The highest BCUT2D eigenvalue weighted by molar-refractivity contribution is 5.19. The molecule has 2 heteroatoms. The molecule has 1 spiro atoms. The maximum Gasteiger partial charge on any atom is 0.0697 e. The minimum absolute atomic E-state index is 0.228. The molecule has 2 nitrogen and oxygen atoms in total. The second-order valence-corrected chi connectivity index (χ2v) is 6.65. The molecule has 2 fully saturated rings. The molecule has 0 aromatic heterocycles. The predicted octanol–water partition coefficient (Wildman–Crippen LogP) is 3.87. The van der Waals surface area contributed by atoms with Crippen LogP contribution in [0.5, 0.6) is 0 Å². The van der Waals surface area contributed by atoms with E-state index in [0.717, 1.165) is 13.2 Å². The first-order chi connectivity index (χ1) is 9.77. The van der Waals surface area contributed by atoms with Gasteiger partial charge in [0, 0.05) is 19.2 Å². The lowest BCUT2D eigenvalue weighted by atomic mass is 9.88. The van der Waals surface area contributed by atoms with Crippen LogP contribution in [0.1, 0.15) is 56.9 Å². The highest BCUT2D eigenvalue weighted by atomic mass is 16.5. The van der Waals surface area contributed by atoms with Crippen LogP contribution in [-0.2, 0) is 4.74 Å². The van der Waals surface area contributed by atoms with E-state index in [9.17, 15) is 0 Å². The molecule has 1 aromatic carbocycles. The molecule has 1 saturated heterocycles. The van der Waals surface area contributed by atoms with E-state index in [0.29, 0.717) is 12.0 Å². The van der Waals surface area contributed by atoms with Gasteiger partial charge in [-0.15, -0.1) is 0 Å². The number of ether oxygens (including phenoxy) is 1. The lowest BCUT2D eigenvalue weighted by molar-refractivity contribution is -0.0836. The van der Waals surface area contributed by atoms with Crippen LogP contribution in [0, 0.1) is 0 Å². The highest BCUT2D eigenvalue weighted by Gasteiger charge is 2.39. The topological polar surface area (TPSA) is 21.3 Å². The Morgan fingerprint density at radius 2 is 2.00 bits per heavy atom. The SMILES string of the molecule is CC(CNC1CCOC2(CCCC2)C1)c1ccccc1. The van der Waals surface area contributed by atoms with Crippen LogP contribution < -0.4 is 5.32 Å². The van der Waals surface area contributed by atoms with E-state index < -0.39 is 0 Å². The van der Waals surface area contributed by atoms with E-state index in [1.165, 1.54) is 44.1 Å². The number of benzene rings is 1. The Kier molecular flexibility index (Phi) is 4.42.